The Morgan fingerprint density at radius 3 is 2.14 bits per heavy atom. The molecule has 0 bridgehead atoms. The minimum absolute atomic E-state index is 0.391. The fourth-order valence-corrected chi connectivity index (χ4v) is 2.30. The van der Waals surface area contributed by atoms with Gasteiger partial charge in [-0.25, -0.2) is 0 Å². The summed E-state index contributed by atoms with van der Waals surface area (Å²) in [5.74, 6) is 0. The minimum atomic E-state index is 0.391. The molecule has 0 spiro atoms. The van der Waals surface area contributed by atoms with Crippen LogP contribution in [0.25, 0.3) is 0 Å². The third kappa shape index (κ3) is 2.71. The van der Waals surface area contributed by atoms with Crippen LogP contribution in [0.1, 0.15) is 34.6 Å². The van der Waals surface area contributed by atoms with Gasteiger partial charge in [0.15, 0.2) is 0 Å². The smallest absolute Gasteiger partial charge is 0.0269 e. The molecule has 0 aromatic rings. The fraction of sp³-hybridized carbons (Fsp3) is 1.00. The highest BCUT2D eigenvalue weighted by atomic mass is 15.3. The number of piperazine rings is 1. The topological polar surface area (TPSA) is 6.48 Å². The van der Waals surface area contributed by atoms with Gasteiger partial charge in [0, 0.05) is 31.7 Å². The van der Waals surface area contributed by atoms with E-state index < -0.39 is 0 Å². The Kier molecular flexibility index (Phi) is 3.59. The van der Waals surface area contributed by atoms with E-state index in [-0.39, 0.29) is 0 Å². The van der Waals surface area contributed by atoms with Crippen LogP contribution in [0.2, 0.25) is 0 Å². The summed E-state index contributed by atoms with van der Waals surface area (Å²) in [6.07, 6.45) is 0. The molecular weight excluding hydrogens is 172 g/mol. The molecule has 0 amide bonds. The van der Waals surface area contributed by atoms with Crippen molar-refractivity contribution in [3.63, 3.8) is 0 Å². The van der Waals surface area contributed by atoms with Gasteiger partial charge in [0.1, 0.15) is 0 Å². The molecule has 0 saturated carbocycles. The van der Waals surface area contributed by atoms with Gasteiger partial charge in [-0.05, 0) is 26.3 Å². The SMILES string of the molecule is CC(C)N1CCN(C)C(C(C)(C)C)C1. The van der Waals surface area contributed by atoms with Crippen molar-refractivity contribution in [3.05, 3.63) is 0 Å². The Bertz CT molecular complexity index is 181. The molecule has 0 radical (unpaired) electrons. The summed E-state index contributed by atoms with van der Waals surface area (Å²) in [4.78, 5) is 5.11. The molecular formula is C12H26N2. The predicted octanol–water partition coefficient (Wildman–Crippen LogP) is 2.06. The molecule has 1 heterocycles. The van der Waals surface area contributed by atoms with Crippen molar-refractivity contribution in [2.24, 2.45) is 5.41 Å². The van der Waals surface area contributed by atoms with Crippen LogP contribution in [0.15, 0.2) is 0 Å². The van der Waals surface area contributed by atoms with Gasteiger partial charge in [0.2, 0.25) is 0 Å². The number of rotatable bonds is 1. The quantitative estimate of drug-likeness (QED) is 0.636. The van der Waals surface area contributed by atoms with Crippen molar-refractivity contribution in [2.45, 2.75) is 46.7 Å². The van der Waals surface area contributed by atoms with E-state index in [0.29, 0.717) is 17.5 Å². The summed E-state index contributed by atoms with van der Waals surface area (Å²) in [5, 5.41) is 0. The standard InChI is InChI=1S/C12H26N2/c1-10(2)14-8-7-13(6)11(9-14)12(3,4)5/h10-11H,7-9H2,1-6H3. The maximum atomic E-state index is 2.59. The fourth-order valence-electron chi connectivity index (χ4n) is 2.30. The van der Waals surface area contributed by atoms with E-state index in [1.165, 1.54) is 19.6 Å². The Morgan fingerprint density at radius 2 is 1.71 bits per heavy atom. The highest BCUT2D eigenvalue weighted by molar-refractivity contribution is 4.89. The summed E-state index contributed by atoms with van der Waals surface area (Å²) in [6, 6.07) is 1.38. The van der Waals surface area contributed by atoms with Crippen LogP contribution in [-0.4, -0.2) is 48.6 Å². The number of likely N-dealkylation sites (N-methyl/N-ethyl adjacent to an activating group) is 1. The van der Waals surface area contributed by atoms with Crippen LogP contribution in [-0.2, 0) is 0 Å². The lowest BCUT2D eigenvalue weighted by Crippen LogP contribution is -2.57. The average molecular weight is 198 g/mol. The molecule has 0 N–H and O–H groups in total. The van der Waals surface area contributed by atoms with Crippen molar-refractivity contribution >= 4 is 0 Å². The second-order valence-electron chi connectivity index (χ2n) is 5.95. The summed E-state index contributed by atoms with van der Waals surface area (Å²) in [5.41, 5.74) is 0.391. The monoisotopic (exact) mass is 198 g/mol. The molecule has 2 heteroatoms. The Labute approximate surface area is 89.3 Å². The van der Waals surface area contributed by atoms with Gasteiger partial charge in [-0.15, -0.1) is 0 Å². The van der Waals surface area contributed by atoms with Crippen molar-refractivity contribution < 1.29 is 0 Å². The lowest BCUT2D eigenvalue weighted by atomic mass is 9.84. The Balaban J connectivity index is 2.65. The highest BCUT2D eigenvalue weighted by Gasteiger charge is 2.33. The van der Waals surface area contributed by atoms with Gasteiger partial charge < -0.3 is 4.90 Å². The second-order valence-corrected chi connectivity index (χ2v) is 5.95. The molecule has 0 aliphatic carbocycles. The van der Waals surface area contributed by atoms with E-state index in [0.717, 1.165) is 0 Å². The summed E-state index contributed by atoms with van der Waals surface area (Å²) < 4.78 is 0. The first-order valence-electron chi connectivity index (χ1n) is 5.76. The van der Waals surface area contributed by atoms with E-state index in [4.69, 9.17) is 0 Å². The van der Waals surface area contributed by atoms with Crippen molar-refractivity contribution in [1.29, 1.82) is 0 Å². The first-order valence-corrected chi connectivity index (χ1v) is 5.76. The molecule has 1 aliphatic heterocycles. The molecule has 1 aliphatic rings. The lowest BCUT2D eigenvalue weighted by Gasteiger charge is -2.47. The van der Waals surface area contributed by atoms with E-state index in [1.54, 1.807) is 0 Å². The van der Waals surface area contributed by atoms with Crippen LogP contribution < -0.4 is 0 Å². The molecule has 0 aromatic carbocycles. The summed E-state index contributed by atoms with van der Waals surface area (Å²) >= 11 is 0. The molecule has 1 saturated heterocycles. The summed E-state index contributed by atoms with van der Waals surface area (Å²) in [7, 11) is 2.26. The van der Waals surface area contributed by atoms with Crippen LogP contribution >= 0.6 is 0 Å². The zero-order chi connectivity index (χ0) is 10.9. The van der Waals surface area contributed by atoms with E-state index in [2.05, 4.69) is 51.5 Å². The lowest BCUT2D eigenvalue weighted by molar-refractivity contribution is 0.0204. The molecule has 1 unspecified atom stereocenters. The maximum absolute atomic E-state index is 2.59. The van der Waals surface area contributed by atoms with Crippen LogP contribution in [0.4, 0.5) is 0 Å². The highest BCUT2D eigenvalue weighted by Crippen LogP contribution is 2.27. The predicted molar refractivity (Wildman–Crippen MR) is 62.6 cm³/mol. The number of hydrogen-bond donors (Lipinski definition) is 0. The zero-order valence-electron chi connectivity index (χ0n) is 10.7. The van der Waals surface area contributed by atoms with Crippen molar-refractivity contribution in [1.82, 2.24) is 9.80 Å². The second kappa shape index (κ2) is 4.19. The van der Waals surface area contributed by atoms with Gasteiger partial charge in [0.25, 0.3) is 0 Å². The third-order valence-electron chi connectivity index (χ3n) is 3.41. The normalized spacial score (nSPS) is 27.2. The Hall–Kier alpha value is -0.0800. The van der Waals surface area contributed by atoms with Crippen LogP contribution in [0.5, 0.6) is 0 Å². The van der Waals surface area contributed by atoms with Gasteiger partial charge >= 0.3 is 0 Å². The van der Waals surface area contributed by atoms with Gasteiger partial charge in [0.05, 0.1) is 0 Å². The minimum Gasteiger partial charge on any atom is -0.300 e. The molecule has 14 heavy (non-hydrogen) atoms. The van der Waals surface area contributed by atoms with Crippen molar-refractivity contribution in [3.8, 4) is 0 Å². The maximum Gasteiger partial charge on any atom is 0.0269 e. The zero-order valence-corrected chi connectivity index (χ0v) is 10.7. The molecule has 2 nitrogen and oxygen atoms in total. The van der Waals surface area contributed by atoms with Gasteiger partial charge in [-0.3, -0.25) is 4.90 Å². The molecule has 1 atom stereocenters. The third-order valence-corrected chi connectivity index (χ3v) is 3.41. The van der Waals surface area contributed by atoms with E-state index in [1.807, 2.05) is 0 Å². The summed E-state index contributed by atoms with van der Waals surface area (Å²) in [6.45, 7) is 15.3. The largest absolute Gasteiger partial charge is 0.300 e. The van der Waals surface area contributed by atoms with Crippen LogP contribution in [0, 0.1) is 5.41 Å². The first-order chi connectivity index (χ1) is 6.32. The molecule has 84 valence electrons. The molecule has 0 aromatic heterocycles. The van der Waals surface area contributed by atoms with E-state index >= 15 is 0 Å². The molecule has 1 rings (SSSR count). The van der Waals surface area contributed by atoms with Crippen LogP contribution in [0.3, 0.4) is 0 Å². The van der Waals surface area contributed by atoms with E-state index in [9.17, 15) is 0 Å². The average Bonchev–Trinajstić information content (AvgIpc) is 2.02. The number of hydrogen-bond acceptors (Lipinski definition) is 2. The Morgan fingerprint density at radius 1 is 1.14 bits per heavy atom. The van der Waals surface area contributed by atoms with Crippen molar-refractivity contribution in [2.75, 3.05) is 26.7 Å². The van der Waals surface area contributed by atoms with Gasteiger partial charge in [-0.1, -0.05) is 20.8 Å². The number of nitrogens with zero attached hydrogens (tertiary/aromatic N) is 2. The molecule has 1 fully saturated rings. The first kappa shape index (κ1) is 12.0. The van der Waals surface area contributed by atoms with Gasteiger partial charge in [-0.2, -0.15) is 0 Å².